The first-order valence-corrected chi connectivity index (χ1v) is 5.02. The summed E-state index contributed by atoms with van der Waals surface area (Å²) in [6.07, 6.45) is 0.0856. The number of benzene rings is 1. The summed E-state index contributed by atoms with van der Waals surface area (Å²) in [6.45, 7) is 1.81. The average molecular weight is 230 g/mol. The van der Waals surface area contributed by atoms with Gasteiger partial charge in [-0.3, -0.25) is 11.3 Å². The lowest BCUT2D eigenvalue weighted by molar-refractivity contribution is 0.0828. The molecular formula is C11H16F2N2O. The largest absolute Gasteiger partial charge is 0.380 e. The van der Waals surface area contributed by atoms with Gasteiger partial charge in [0.05, 0.1) is 12.1 Å². The Kier molecular flexibility index (Phi) is 4.79. The van der Waals surface area contributed by atoms with Gasteiger partial charge >= 0.3 is 0 Å². The van der Waals surface area contributed by atoms with Crippen LogP contribution in [-0.4, -0.2) is 19.3 Å². The molecule has 90 valence electrons. The molecule has 3 nitrogen and oxygen atoms in total. The molecule has 0 saturated carbocycles. The predicted octanol–water partition coefficient (Wildman–Crippen LogP) is 1.37. The highest BCUT2D eigenvalue weighted by Gasteiger charge is 2.18. The fourth-order valence-electron chi connectivity index (χ4n) is 1.47. The van der Waals surface area contributed by atoms with E-state index < -0.39 is 11.6 Å². The molecular weight excluding hydrogens is 214 g/mol. The van der Waals surface area contributed by atoms with E-state index in [2.05, 4.69) is 5.43 Å². The SMILES string of the molecule is COC(C)C(Cc1cccc(F)c1F)NN. The van der Waals surface area contributed by atoms with E-state index in [9.17, 15) is 8.78 Å². The first kappa shape index (κ1) is 13.0. The maximum absolute atomic E-state index is 13.4. The van der Waals surface area contributed by atoms with Gasteiger partial charge in [-0.25, -0.2) is 8.78 Å². The second-order valence-electron chi connectivity index (χ2n) is 3.63. The van der Waals surface area contributed by atoms with Crippen molar-refractivity contribution in [2.45, 2.75) is 25.5 Å². The highest BCUT2D eigenvalue weighted by molar-refractivity contribution is 5.20. The number of halogens is 2. The van der Waals surface area contributed by atoms with Crippen LogP contribution in [0.15, 0.2) is 18.2 Å². The van der Waals surface area contributed by atoms with E-state index in [1.165, 1.54) is 19.2 Å². The van der Waals surface area contributed by atoms with Crippen LogP contribution in [0.1, 0.15) is 12.5 Å². The molecule has 2 unspecified atom stereocenters. The summed E-state index contributed by atoms with van der Waals surface area (Å²) in [7, 11) is 1.54. The van der Waals surface area contributed by atoms with Crippen LogP contribution in [0, 0.1) is 11.6 Å². The summed E-state index contributed by atoms with van der Waals surface area (Å²) in [5.74, 6) is 3.66. The van der Waals surface area contributed by atoms with E-state index in [-0.39, 0.29) is 24.1 Å². The minimum absolute atomic E-state index is 0.187. The molecule has 0 aliphatic carbocycles. The lowest BCUT2D eigenvalue weighted by Gasteiger charge is -2.22. The monoisotopic (exact) mass is 230 g/mol. The lowest BCUT2D eigenvalue weighted by Crippen LogP contribution is -2.45. The Morgan fingerprint density at radius 2 is 2.12 bits per heavy atom. The van der Waals surface area contributed by atoms with Gasteiger partial charge in [0, 0.05) is 7.11 Å². The van der Waals surface area contributed by atoms with Gasteiger partial charge in [0.1, 0.15) is 0 Å². The number of hydrogen-bond donors (Lipinski definition) is 2. The normalized spacial score (nSPS) is 14.8. The number of rotatable bonds is 5. The molecule has 2 atom stereocenters. The molecule has 0 fully saturated rings. The van der Waals surface area contributed by atoms with Gasteiger partial charge in [0.15, 0.2) is 11.6 Å². The molecule has 0 aliphatic rings. The Bertz CT molecular complexity index is 347. The standard InChI is InChI=1S/C11H16F2N2O/c1-7(16-2)10(15-14)6-8-4-3-5-9(12)11(8)13/h3-5,7,10,15H,6,14H2,1-2H3. The molecule has 0 amide bonds. The topological polar surface area (TPSA) is 47.3 Å². The van der Waals surface area contributed by atoms with E-state index in [4.69, 9.17) is 10.6 Å². The van der Waals surface area contributed by atoms with Crippen LogP contribution >= 0.6 is 0 Å². The number of methoxy groups -OCH3 is 1. The Balaban J connectivity index is 2.82. The van der Waals surface area contributed by atoms with Crippen molar-refractivity contribution in [2.75, 3.05) is 7.11 Å². The fourth-order valence-corrected chi connectivity index (χ4v) is 1.47. The predicted molar refractivity (Wildman–Crippen MR) is 57.6 cm³/mol. The van der Waals surface area contributed by atoms with Gasteiger partial charge in [0.2, 0.25) is 0 Å². The second-order valence-corrected chi connectivity index (χ2v) is 3.63. The minimum atomic E-state index is -0.849. The smallest absolute Gasteiger partial charge is 0.162 e. The van der Waals surface area contributed by atoms with E-state index >= 15 is 0 Å². The van der Waals surface area contributed by atoms with Gasteiger partial charge in [0.25, 0.3) is 0 Å². The number of hydrogen-bond acceptors (Lipinski definition) is 3. The van der Waals surface area contributed by atoms with E-state index in [1.54, 1.807) is 0 Å². The van der Waals surface area contributed by atoms with Gasteiger partial charge in [-0.15, -0.1) is 0 Å². The minimum Gasteiger partial charge on any atom is -0.380 e. The Morgan fingerprint density at radius 3 is 2.69 bits per heavy atom. The van der Waals surface area contributed by atoms with Crippen LogP contribution in [0.3, 0.4) is 0 Å². The van der Waals surface area contributed by atoms with Crippen LogP contribution in [0.2, 0.25) is 0 Å². The molecule has 0 aliphatic heterocycles. The zero-order valence-electron chi connectivity index (χ0n) is 9.34. The van der Waals surface area contributed by atoms with Gasteiger partial charge < -0.3 is 4.74 Å². The molecule has 16 heavy (non-hydrogen) atoms. The summed E-state index contributed by atoms with van der Waals surface area (Å²) in [5.41, 5.74) is 2.82. The third kappa shape index (κ3) is 2.98. The highest BCUT2D eigenvalue weighted by atomic mass is 19.2. The van der Waals surface area contributed by atoms with Crippen LogP contribution in [0.25, 0.3) is 0 Å². The first-order chi connectivity index (χ1) is 7.60. The van der Waals surface area contributed by atoms with Crippen molar-refractivity contribution in [3.63, 3.8) is 0 Å². The molecule has 0 aromatic heterocycles. The molecule has 0 heterocycles. The third-order valence-corrected chi connectivity index (χ3v) is 2.62. The van der Waals surface area contributed by atoms with Crippen molar-refractivity contribution in [1.29, 1.82) is 0 Å². The number of nitrogens with one attached hydrogen (secondary N) is 1. The van der Waals surface area contributed by atoms with Crippen molar-refractivity contribution in [1.82, 2.24) is 5.43 Å². The average Bonchev–Trinajstić information content (AvgIpc) is 2.30. The third-order valence-electron chi connectivity index (χ3n) is 2.62. The van der Waals surface area contributed by atoms with Crippen molar-refractivity contribution >= 4 is 0 Å². The Hall–Kier alpha value is -1.04. The Labute approximate surface area is 93.6 Å². The van der Waals surface area contributed by atoms with Crippen molar-refractivity contribution in [3.8, 4) is 0 Å². The molecule has 3 N–H and O–H groups in total. The summed E-state index contributed by atoms with van der Waals surface area (Å²) in [6, 6.07) is 3.83. The zero-order valence-corrected chi connectivity index (χ0v) is 9.34. The molecule has 1 aromatic carbocycles. The zero-order chi connectivity index (χ0) is 12.1. The fraction of sp³-hybridized carbons (Fsp3) is 0.455. The highest BCUT2D eigenvalue weighted by Crippen LogP contribution is 2.14. The molecule has 0 saturated heterocycles. The summed E-state index contributed by atoms with van der Waals surface area (Å²) >= 11 is 0. The molecule has 0 bridgehead atoms. The number of nitrogens with two attached hydrogens (primary N) is 1. The second kappa shape index (κ2) is 5.89. The molecule has 1 aromatic rings. The van der Waals surface area contributed by atoms with Crippen molar-refractivity contribution in [3.05, 3.63) is 35.4 Å². The van der Waals surface area contributed by atoms with E-state index in [1.807, 2.05) is 6.92 Å². The molecule has 0 radical (unpaired) electrons. The summed E-state index contributed by atoms with van der Waals surface area (Å²) in [4.78, 5) is 0. The number of ether oxygens (including phenoxy) is 1. The van der Waals surface area contributed by atoms with Crippen LogP contribution in [-0.2, 0) is 11.2 Å². The first-order valence-electron chi connectivity index (χ1n) is 5.02. The van der Waals surface area contributed by atoms with Gasteiger partial charge in [-0.2, -0.15) is 0 Å². The Morgan fingerprint density at radius 1 is 1.44 bits per heavy atom. The molecule has 1 rings (SSSR count). The van der Waals surface area contributed by atoms with Gasteiger partial charge in [-0.05, 0) is 25.0 Å². The maximum Gasteiger partial charge on any atom is 0.162 e. The molecule has 5 heteroatoms. The van der Waals surface area contributed by atoms with Crippen LogP contribution < -0.4 is 11.3 Å². The van der Waals surface area contributed by atoms with Crippen molar-refractivity contribution < 1.29 is 13.5 Å². The van der Waals surface area contributed by atoms with E-state index in [0.717, 1.165) is 6.07 Å². The summed E-state index contributed by atoms with van der Waals surface area (Å²) < 4.78 is 31.4. The number of hydrazine groups is 1. The maximum atomic E-state index is 13.4. The quantitative estimate of drug-likeness (QED) is 0.593. The van der Waals surface area contributed by atoms with E-state index in [0.29, 0.717) is 0 Å². The lowest BCUT2D eigenvalue weighted by atomic mass is 10.0. The van der Waals surface area contributed by atoms with Crippen LogP contribution in [0.4, 0.5) is 8.78 Å². The van der Waals surface area contributed by atoms with Gasteiger partial charge in [-0.1, -0.05) is 12.1 Å². The van der Waals surface area contributed by atoms with Crippen molar-refractivity contribution in [2.24, 2.45) is 5.84 Å². The molecule has 0 spiro atoms. The summed E-state index contributed by atoms with van der Waals surface area (Å²) in [5, 5.41) is 0. The van der Waals surface area contributed by atoms with Crippen LogP contribution in [0.5, 0.6) is 0 Å².